The third-order valence-corrected chi connectivity index (χ3v) is 3.38. The van der Waals surface area contributed by atoms with Crippen LogP contribution in [0.5, 0.6) is 0 Å². The molecule has 1 heterocycles. The van der Waals surface area contributed by atoms with E-state index in [1.165, 1.54) is 6.07 Å². The average molecular weight is 258 g/mol. The van der Waals surface area contributed by atoms with Gasteiger partial charge in [0.2, 0.25) is 0 Å². The first kappa shape index (κ1) is 12.8. The van der Waals surface area contributed by atoms with E-state index in [1.807, 2.05) is 0 Å². The van der Waals surface area contributed by atoms with Gasteiger partial charge in [0.25, 0.3) is 0 Å². The second kappa shape index (κ2) is 5.34. The summed E-state index contributed by atoms with van der Waals surface area (Å²) < 4.78 is 19.4. The Balaban J connectivity index is 1.97. The molecule has 1 aromatic carbocycles. The van der Waals surface area contributed by atoms with Crippen LogP contribution in [0.15, 0.2) is 18.2 Å². The third kappa shape index (κ3) is 3.41. The molecule has 0 aromatic heterocycles. The van der Waals surface area contributed by atoms with E-state index in [4.69, 9.17) is 16.3 Å². The van der Waals surface area contributed by atoms with Gasteiger partial charge >= 0.3 is 0 Å². The van der Waals surface area contributed by atoms with E-state index >= 15 is 0 Å². The molecule has 0 bridgehead atoms. The van der Waals surface area contributed by atoms with Crippen LogP contribution in [0.3, 0.4) is 0 Å². The van der Waals surface area contributed by atoms with Gasteiger partial charge in [-0.3, -0.25) is 0 Å². The largest absolute Gasteiger partial charge is 0.369 e. The highest BCUT2D eigenvalue weighted by atomic mass is 35.5. The number of nitrogens with one attached hydrogen (secondary N) is 1. The first-order chi connectivity index (χ1) is 8.09. The maximum Gasteiger partial charge on any atom is 0.130 e. The summed E-state index contributed by atoms with van der Waals surface area (Å²) in [6, 6.07) is 4.68. The number of benzene rings is 1. The molecule has 2 nitrogen and oxygen atoms in total. The van der Waals surface area contributed by atoms with Crippen molar-refractivity contribution < 1.29 is 9.13 Å². The molecule has 1 aromatic rings. The van der Waals surface area contributed by atoms with Gasteiger partial charge in [0, 0.05) is 17.1 Å². The number of piperidine rings is 1. The molecule has 0 saturated carbocycles. The van der Waals surface area contributed by atoms with Crippen molar-refractivity contribution in [1.82, 2.24) is 5.32 Å². The molecule has 17 heavy (non-hydrogen) atoms. The number of rotatable bonds is 3. The van der Waals surface area contributed by atoms with Gasteiger partial charge in [-0.15, -0.1) is 0 Å². The summed E-state index contributed by atoms with van der Waals surface area (Å²) in [5.74, 6) is -0.301. The van der Waals surface area contributed by atoms with Crippen LogP contribution in [0.2, 0.25) is 5.02 Å². The number of ether oxygens (including phenoxy) is 1. The second-order valence-corrected chi connectivity index (χ2v) is 5.19. The van der Waals surface area contributed by atoms with Gasteiger partial charge in [0.15, 0.2) is 0 Å². The SMILES string of the molecule is CC1(OCc2ccc(Cl)cc2F)CCCNC1. The van der Waals surface area contributed by atoms with E-state index in [0.717, 1.165) is 25.9 Å². The Morgan fingerprint density at radius 2 is 2.35 bits per heavy atom. The Kier molecular flexibility index (Phi) is 4.02. The molecule has 1 fully saturated rings. The molecular weight excluding hydrogens is 241 g/mol. The van der Waals surface area contributed by atoms with Crippen molar-refractivity contribution in [2.75, 3.05) is 13.1 Å². The molecule has 4 heteroatoms. The maximum absolute atomic E-state index is 13.5. The van der Waals surface area contributed by atoms with Crippen LogP contribution in [0, 0.1) is 5.82 Å². The van der Waals surface area contributed by atoms with Crippen LogP contribution >= 0.6 is 11.6 Å². The van der Waals surface area contributed by atoms with Crippen LogP contribution < -0.4 is 5.32 Å². The zero-order valence-electron chi connectivity index (χ0n) is 9.93. The van der Waals surface area contributed by atoms with Crippen molar-refractivity contribution in [3.05, 3.63) is 34.6 Å². The number of halogens is 2. The monoisotopic (exact) mass is 257 g/mol. The fourth-order valence-electron chi connectivity index (χ4n) is 2.04. The van der Waals surface area contributed by atoms with E-state index in [1.54, 1.807) is 12.1 Å². The van der Waals surface area contributed by atoms with Crippen molar-refractivity contribution in [1.29, 1.82) is 0 Å². The minimum absolute atomic E-state index is 0.190. The van der Waals surface area contributed by atoms with Crippen LogP contribution in [-0.4, -0.2) is 18.7 Å². The highest BCUT2D eigenvalue weighted by molar-refractivity contribution is 6.30. The molecule has 0 amide bonds. The quantitative estimate of drug-likeness (QED) is 0.898. The normalized spacial score (nSPS) is 24.9. The summed E-state index contributed by atoms with van der Waals surface area (Å²) in [6.07, 6.45) is 2.11. The molecule has 0 aliphatic carbocycles. The van der Waals surface area contributed by atoms with Gasteiger partial charge in [-0.05, 0) is 38.4 Å². The predicted molar refractivity (Wildman–Crippen MR) is 66.7 cm³/mol. The highest BCUT2D eigenvalue weighted by Crippen LogP contribution is 2.23. The molecular formula is C13H17ClFNO. The summed E-state index contributed by atoms with van der Waals surface area (Å²) in [5, 5.41) is 3.71. The Morgan fingerprint density at radius 3 is 3.00 bits per heavy atom. The first-order valence-electron chi connectivity index (χ1n) is 5.88. The van der Waals surface area contributed by atoms with Crippen molar-refractivity contribution in [2.45, 2.75) is 32.0 Å². The molecule has 94 valence electrons. The fraction of sp³-hybridized carbons (Fsp3) is 0.538. The molecule has 1 N–H and O–H groups in total. The van der Waals surface area contributed by atoms with Gasteiger partial charge in [0.1, 0.15) is 5.82 Å². The average Bonchev–Trinajstić information content (AvgIpc) is 2.29. The number of hydrogen-bond acceptors (Lipinski definition) is 2. The highest BCUT2D eigenvalue weighted by Gasteiger charge is 2.27. The summed E-state index contributed by atoms with van der Waals surface area (Å²) in [4.78, 5) is 0. The van der Waals surface area contributed by atoms with Crippen LogP contribution in [0.1, 0.15) is 25.3 Å². The lowest BCUT2D eigenvalue weighted by Crippen LogP contribution is -2.45. The smallest absolute Gasteiger partial charge is 0.130 e. The van der Waals surface area contributed by atoms with Crippen LogP contribution in [0.25, 0.3) is 0 Å². The first-order valence-corrected chi connectivity index (χ1v) is 6.25. The van der Waals surface area contributed by atoms with Crippen molar-refractivity contribution in [3.8, 4) is 0 Å². The fourth-order valence-corrected chi connectivity index (χ4v) is 2.20. The maximum atomic E-state index is 13.5. The second-order valence-electron chi connectivity index (χ2n) is 4.75. The topological polar surface area (TPSA) is 21.3 Å². The Bertz CT molecular complexity index is 391. The van der Waals surface area contributed by atoms with E-state index in [-0.39, 0.29) is 11.4 Å². The van der Waals surface area contributed by atoms with Gasteiger partial charge < -0.3 is 10.1 Å². The summed E-state index contributed by atoms with van der Waals surface area (Å²) in [7, 11) is 0. The van der Waals surface area contributed by atoms with Gasteiger partial charge in [-0.1, -0.05) is 17.7 Å². The third-order valence-electron chi connectivity index (χ3n) is 3.15. The van der Waals surface area contributed by atoms with E-state index < -0.39 is 0 Å². The minimum atomic E-state index is -0.301. The molecule has 0 spiro atoms. The zero-order valence-corrected chi connectivity index (χ0v) is 10.7. The molecule has 0 radical (unpaired) electrons. The minimum Gasteiger partial charge on any atom is -0.369 e. The lowest BCUT2D eigenvalue weighted by Gasteiger charge is -2.34. The Morgan fingerprint density at radius 1 is 1.53 bits per heavy atom. The lowest BCUT2D eigenvalue weighted by molar-refractivity contribution is -0.0579. The summed E-state index contributed by atoms with van der Waals surface area (Å²) in [5.41, 5.74) is 0.367. The number of hydrogen-bond donors (Lipinski definition) is 1. The van der Waals surface area contributed by atoms with Crippen molar-refractivity contribution in [2.24, 2.45) is 0 Å². The molecule has 1 aliphatic heterocycles. The lowest BCUT2D eigenvalue weighted by atomic mass is 9.96. The van der Waals surface area contributed by atoms with Gasteiger partial charge in [0.05, 0.1) is 12.2 Å². The van der Waals surface area contributed by atoms with E-state index in [0.29, 0.717) is 17.2 Å². The summed E-state index contributed by atoms with van der Waals surface area (Å²) in [6.45, 7) is 4.21. The predicted octanol–water partition coefficient (Wildman–Crippen LogP) is 3.14. The molecule has 2 rings (SSSR count). The van der Waals surface area contributed by atoms with Crippen LogP contribution in [0.4, 0.5) is 4.39 Å². The molecule has 1 atom stereocenters. The molecule has 1 saturated heterocycles. The van der Waals surface area contributed by atoms with Gasteiger partial charge in [-0.2, -0.15) is 0 Å². The van der Waals surface area contributed by atoms with Crippen molar-refractivity contribution in [3.63, 3.8) is 0 Å². The van der Waals surface area contributed by atoms with Crippen molar-refractivity contribution >= 4 is 11.6 Å². The van der Waals surface area contributed by atoms with Gasteiger partial charge in [-0.25, -0.2) is 4.39 Å². The van der Waals surface area contributed by atoms with Crippen LogP contribution in [-0.2, 0) is 11.3 Å². The Labute approximate surface area is 106 Å². The molecule has 1 unspecified atom stereocenters. The van der Waals surface area contributed by atoms with E-state index in [2.05, 4.69) is 12.2 Å². The van der Waals surface area contributed by atoms with E-state index in [9.17, 15) is 4.39 Å². The Hall–Kier alpha value is -0.640. The standard InChI is InChI=1S/C13H17ClFNO/c1-13(5-2-6-16-9-13)17-8-10-3-4-11(14)7-12(10)15/h3-4,7,16H,2,5-6,8-9H2,1H3. The summed E-state index contributed by atoms with van der Waals surface area (Å²) >= 11 is 5.70. The molecule has 1 aliphatic rings. The zero-order chi connectivity index (χ0) is 12.3.